The molecule has 1 heterocycles. The van der Waals surface area contributed by atoms with Crippen molar-refractivity contribution in [3.63, 3.8) is 0 Å². The van der Waals surface area contributed by atoms with E-state index in [0.717, 1.165) is 0 Å². The quantitative estimate of drug-likeness (QED) is 0.591. The van der Waals surface area contributed by atoms with Gasteiger partial charge in [-0.2, -0.15) is 26.3 Å². The van der Waals surface area contributed by atoms with Crippen LogP contribution in [0.2, 0.25) is 0 Å². The molecule has 0 atom stereocenters. The van der Waals surface area contributed by atoms with E-state index in [-0.39, 0.29) is 28.6 Å². The van der Waals surface area contributed by atoms with Gasteiger partial charge in [0.15, 0.2) is 0 Å². The molecule has 0 spiro atoms. The summed E-state index contributed by atoms with van der Waals surface area (Å²) in [6, 6.07) is 0. The molecule has 0 aromatic rings. The van der Waals surface area contributed by atoms with Crippen LogP contribution in [-0.2, 0) is 0 Å². The molecule has 0 aromatic heterocycles. The second-order valence-corrected chi connectivity index (χ2v) is 4.40. The van der Waals surface area contributed by atoms with Gasteiger partial charge in [-0.15, -0.1) is 23.5 Å². The summed E-state index contributed by atoms with van der Waals surface area (Å²) in [6.07, 6.45) is -9.78. The van der Waals surface area contributed by atoms with Crippen molar-refractivity contribution in [3.05, 3.63) is 9.81 Å². The molecule has 0 saturated carbocycles. The Hall–Kier alpha value is 0.0200. The molecule has 0 aliphatic carbocycles. The third-order valence-electron chi connectivity index (χ3n) is 1.13. The summed E-state index contributed by atoms with van der Waals surface area (Å²) < 4.78 is 71.7. The number of thioether (sulfide) groups is 2. The Balaban J connectivity index is 3.04. The van der Waals surface area contributed by atoms with E-state index in [1.165, 1.54) is 0 Å². The Kier molecular flexibility index (Phi) is 2.82. The Morgan fingerprint density at radius 1 is 0.769 bits per heavy atom. The van der Waals surface area contributed by atoms with Gasteiger partial charge in [0.25, 0.3) is 0 Å². The summed E-state index contributed by atoms with van der Waals surface area (Å²) in [7, 11) is 0. The van der Waals surface area contributed by atoms with E-state index in [9.17, 15) is 26.3 Å². The lowest BCUT2D eigenvalue weighted by Gasteiger charge is -2.11. The molecule has 76 valence electrons. The van der Waals surface area contributed by atoms with E-state index in [1.807, 2.05) is 0 Å². The smallest absolute Gasteiger partial charge is 0.166 e. The van der Waals surface area contributed by atoms with Gasteiger partial charge in [0.05, 0.1) is 0 Å². The molecule has 0 amide bonds. The first-order valence-corrected chi connectivity index (χ1v) is 4.84. The maximum atomic E-state index is 11.9. The van der Waals surface area contributed by atoms with Gasteiger partial charge in [-0.05, 0) is 0 Å². The zero-order valence-electron chi connectivity index (χ0n) is 5.79. The van der Waals surface area contributed by atoms with E-state index in [2.05, 4.69) is 0 Å². The Labute approximate surface area is 77.7 Å². The normalized spacial score (nSPS) is 19.8. The summed E-state index contributed by atoms with van der Waals surface area (Å²) >= 11 is 0.364. The van der Waals surface area contributed by atoms with Crippen molar-refractivity contribution in [3.8, 4) is 0 Å². The first-order chi connectivity index (χ1) is 5.73. The van der Waals surface area contributed by atoms with Gasteiger partial charge in [0, 0.05) is 5.08 Å². The summed E-state index contributed by atoms with van der Waals surface area (Å²) in [6.45, 7) is 0. The average molecular weight is 240 g/mol. The second kappa shape index (κ2) is 3.30. The van der Waals surface area contributed by atoms with Gasteiger partial charge in [-0.1, -0.05) is 0 Å². The number of allylic oxidation sites excluding steroid dienone is 2. The third-order valence-corrected chi connectivity index (χ3v) is 3.65. The van der Waals surface area contributed by atoms with Crippen LogP contribution in [0.25, 0.3) is 0 Å². The highest BCUT2D eigenvalue weighted by atomic mass is 32.2. The van der Waals surface area contributed by atoms with Crippen LogP contribution in [-0.4, -0.2) is 17.4 Å². The average Bonchev–Trinajstić information content (AvgIpc) is 2.27. The first kappa shape index (κ1) is 11.1. The zero-order chi connectivity index (χ0) is 10.3. The van der Waals surface area contributed by atoms with E-state index in [0.29, 0.717) is 0 Å². The molecule has 0 N–H and O–H groups in total. The zero-order valence-corrected chi connectivity index (χ0v) is 7.42. The molecule has 0 radical (unpaired) electrons. The summed E-state index contributed by atoms with van der Waals surface area (Å²) in [4.78, 5) is -3.05. The van der Waals surface area contributed by atoms with Crippen molar-refractivity contribution >= 4 is 23.5 Å². The standard InChI is InChI=1S/C5H2F6S2/c6-4(7,8)2-3(5(9,10)11)13-1-12-2/h1H2. The first-order valence-electron chi connectivity index (χ1n) is 2.87. The number of halogens is 6. The Bertz CT molecular complexity index is 212. The molecular formula is C5H2F6S2. The van der Waals surface area contributed by atoms with Crippen molar-refractivity contribution in [1.29, 1.82) is 0 Å². The Morgan fingerprint density at radius 3 is 1.31 bits per heavy atom. The summed E-state index contributed by atoms with van der Waals surface area (Å²) in [5.41, 5.74) is 0. The minimum Gasteiger partial charge on any atom is -0.166 e. The predicted octanol–water partition coefficient (Wildman–Crippen LogP) is 3.76. The summed E-state index contributed by atoms with van der Waals surface area (Å²) in [5.74, 6) is 0. The number of hydrogen-bond acceptors (Lipinski definition) is 2. The maximum absolute atomic E-state index is 11.9. The molecule has 0 aromatic carbocycles. The topological polar surface area (TPSA) is 0 Å². The van der Waals surface area contributed by atoms with Crippen LogP contribution in [0, 0.1) is 0 Å². The third kappa shape index (κ3) is 2.49. The van der Waals surface area contributed by atoms with Crippen LogP contribution in [0.3, 0.4) is 0 Å². The molecule has 0 saturated heterocycles. The van der Waals surface area contributed by atoms with Crippen LogP contribution in [0.1, 0.15) is 0 Å². The van der Waals surface area contributed by atoms with Gasteiger partial charge in [-0.25, -0.2) is 0 Å². The van der Waals surface area contributed by atoms with E-state index >= 15 is 0 Å². The van der Waals surface area contributed by atoms with Crippen molar-refractivity contribution in [2.75, 3.05) is 5.08 Å². The van der Waals surface area contributed by atoms with Gasteiger partial charge < -0.3 is 0 Å². The molecule has 0 nitrogen and oxygen atoms in total. The molecule has 13 heavy (non-hydrogen) atoms. The number of rotatable bonds is 0. The lowest BCUT2D eigenvalue weighted by Crippen LogP contribution is -2.16. The minimum absolute atomic E-state index is 0.182. The van der Waals surface area contributed by atoms with E-state index in [4.69, 9.17) is 0 Å². The highest BCUT2D eigenvalue weighted by molar-refractivity contribution is 8.22. The molecule has 0 unspecified atom stereocenters. The van der Waals surface area contributed by atoms with Crippen LogP contribution in [0.15, 0.2) is 9.81 Å². The Morgan fingerprint density at radius 2 is 1.08 bits per heavy atom. The van der Waals surface area contributed by atoms with Gasteiger partial charge in [-0.3, -0.25) is 0 Å². The molecule has 0 bridgehead atoms. The summed E-state index contributed by atoms with van der Waals surface area (Å²) in [5, 5.41) is -0.232. The molecular weight excluding hydrogens is 238 g/mol. The van der Waals surface area contributed by atoms with Gasteiger partial charge in [0.1, 0.15) is 9.81 Å². The van der Waals surface area contributed by atoms with Crippen LogP contribution >= 0.6 is 23.5 Å². The lowest BCUT2D eigenvalue weighted by molar-refractivity contribution is -0.103. The molecule has 8 heteroatoms. The van der Waals surface area contributed by atoms with Crippen molar-refractivity contribution < 1.29 is 26.3 Å². The lowest BCUT2D eigenvalue weighted by atomic mass is 10.4. The van der Waals surface area contributed by atoms with Crippen LogP contribution in [0.4, 0.5) is 26.3 Å². The van der Waals surface area contributed by atoms with Crippen LogP contribution in [0.5, 0.6) is 0 Å². The monoisotopic (exact) mass is 240 g/mol. The fourth-order valence-electron chi connectivity index (χ4n) is 0.700. The highest BCUT2D eigenvalue weighted by Gasteiger charge is 2.48. The molecule has 1 aliphatic rings. The number of hydrogen-bond donors (Lipinski definition) is 0. The molecule has 1 rings (SSSR count). The molecule has 0 fully saturated rings. The fourth-order valence-corrected chi connectivity index (χ4v) is 3.05. The van der Waals surface area contributed by atoms with Crippen molar-refractivity contribution in [1.82, 2.24) is 0 Å². The van der Waals surface area contributed by atoms with Crippen LogP contribution < -0.4 is 0 Å². The highest BCUT2D eigenvalue weighted by Crippen LogP contribution is 2.53. The maximum Gasteiger partial charge on any atom is 0.423 e. The van der Waals surface area contributed by atoms with E-state index < -0.39 is 22.2 Å². The van der Waals surface area contributed by atoms with Gasteiger partial charge >= 0.3 is 12.4 Å². The largest absolute Gasteiger partial charge is 0.423 e. The van der Waals surface area contributed by atoms with Crippen molar-refractivity contribution in [2.45, 2.75) is 12.4 Å². The van der Waals surface area contributed by atoms with Gasteiger partial charge in [0.2, 0.25) is 0 Å². The fraction of sp³-hybridized carbons (Fsp3) is 0.600. The van der Waals surface area contributed by atoms with E-state index in [1.54, 1.807) is 0 Å². The minimum atomic E-state index is -4.89. The predicted molar refractivity (Wildman–Crippen MR) is 39.2 cm³/mol. The SMILES string of the molecule is FC(F)(F)C1=C(C(F)(F)F)SCS1. The number of alkyl halides is 6. The van der Waals surface area contributed by atoms with Crippen molar-refractivity contribution in [2.24, 2.45) is 0 Å². The second-order valence-electron chi connectivity index (χ2n) is 2.06. The molecule has 1 aliphatic heterocycles.